The normalized spacial score (nSPS) is 16.6. The molecule has 0 spiro atoms. The van der Waals surface area contributed by atoms with Gasteiger partial charge in [0.25, 0.3) is 0 Å². The third-order valence-corrected chi connectivity index (χ3v) is 6.99. The highest BCUT2D eigenvalue weighted by molar-refractivity contribution is 7.89. The van der Waals surface area contributed by atoms with Crippen LogP contribution in [-0.4, -0.2) is 44.6 Å². The molecule has 1 atom stereocenters. The molecule has 0 unspecified atom stereocenters. The van der Waals surface area contributed by atoms with E-state index >= 15 is 0 Å². The Balaban J connectivity index is 1.43. The summed E-state index contributed by atoms with van der Waals surface area (Å²) in [5.41, 5.74) is 1.34. The molecule has 2 heterocycles. The molecular weight excluding hydrogens is 417 g/mol. The van der Waals surface area contributed by atoms with E-state index in [1.54, 1.807) is 6.07 Å². The molecule has 1 aromatic heterocycles. The largest absolute Gasteiger partial charge is 0.493 e. The zero-order chi connectivity index (χ0) is 22.6. The minimum atomic E-state index is -3.27. The SMILES string of the molecule is CC(C)c1cc(N2CCC([C@H](C)CCOc3ccc(CS(C)(=O)=O)c(F)c3)CC2)n[nH]1. The fourth-order valence-electron chi connectivity index (χ4n) is 4.10. The van der Waals surface area contributed by atoms with E-state index in [4.69, 9.17) is 4.74 Å². The average molecular weight is 452 g/mol. The van der Waals surface area contributed by atoms with E-state index in [9.17, 15) is 12.8 Å². The van der Waals surface area contributed by atoms with Crippen molar-refractivity contribution in [2.45, 2.75) is 51.7 Å². The number of ether oxygens (including phenoxy) is 1. The molecular formula is C23H34FN3O3S. The summed E-state index contributed by atoms with van der Waals surface area (Å²) in [5, 5.41) is 7.60. The van der Waals surface area contributed by atoms with Gasteiger partial charge >= 0.3 is 0 Å². The van der Waals surface area contributed by atoms with E-state index < -0.39 is 15.7 Å². The Kier molecular flexibility index (Phi) is 7.62. The van der Waals surface area contributed by atoms with Gasteiger partial charge in [-0.1, -0.05) is 26.8 Å². The fraction of sp³-hybridized carbons (Fsp3) is 0.609. The highest BCUT2D eigenvalue weighted by Gasteiger charge is 2.25. The number of sulfone groups is 1. The minimum absolute atomic E-state index is 0.174. The summed E-state index contributed by atoms with van der Waals surface area (Å²) < 4.78 is 42.6. The van der Waals surface area contributed by atoms with Gasteiger partial charge in [0, 0.05) is 42.7 Å². The Labute approximate surface area is 185 Å². The van der Waals surface area contributed by atoms with Crippen molar-refractivity contribution in [3.05, 3.63) is 41.3 Å². The molecule has 1 aliphatic rings. The van der Waals surface area contributed by atoms with Crippen molar-refractivity contribution >= 4 is 15.7 Å². The highest BCUT2D eigenvalue weighted by atomic mass is 32.2. The Bertz CT molecular complexity index is 966. The maximum Gasteiger partial charge on any atom is 0.151 e. The van der Waals surface area contributed by atoms with Crippen LogP contribution in [-0.2, 0) is 15.6 Å². The summed E-state index contributed by atoms with van der Waals surface area (Å²) in [4.78, 5) is 2.35. The molecule has 1 aliphatic heterocycles. The van der Waals surface area contributed by atoms with Gasteiger partial charge in [-0.25, -0.2) is 12.8 Å². The maximum atomic E-state index is 14.1. The molecule has 0 aliphatic carbocycles. The van der Waals surface area contributed by atoms with Gasteiger partial charge in [-0.2, -0.15) is 5.10 Å². The van der Waals surface area contributed by atoms with Gasteiger partial charge in [-0.3, -0.25) is 5.10 Å². The van der Waals surface area contributed by atoms with Crippen molar-refractivity contribution in [2.24, 2.45) is 11.8 Å². The van der Waals surface area contributed by atoms with Crippen LogP contribution in [0.15, 0.2) is 24.3 Å². The van der Waals surface area contributed by atoms with E-state index in [-0.39, 0.29) is 11.3 Å². The second kappa shape index (κ2) is 10.0. The van der Waals surface area contributed by atoms with Crippen LogP contribution in [0.25, 0.3) is 0 Å². The van der Waals surface area contributed by atoms with Crippen molar-refractivity contribution in [1.29, 1.82) is 0 Å². The summed E-state index contributed by atoms with van der Waals surface area (Å²) in [6.45, 7) is 9.10. The van der Waals surface area contributed by atoms with Gasteiger partial charge in [0.2, 0.25) is 0 Å². The molecule has 8 heteroatoms. The molecule has 1 fully saturated rings. The summed E-state index contributed by atoms with van der Waals surface area (Å²) in [6.07, 6.45) is 4.25. The number of H-pyrrole nitrogens is 1. The molecule has 31 heavy (non-hydrogen) atoms. The fourth-order valence-corrected chi connectivity index (χ4v) is 4.90. The Morgan fingerprint density at radius 3 is 2.52 bits per heavy atom. The number of benzene rings is 1. The van der Waals surface area contributed by atoms with E-state index in [0.717, 1.165) is 44.4 Å². The lowest BCUT2D eigenvalue weighted by Gasteiger charge is -2.35. The number of hydrogen-bond acceptors (Lipinski definition) is 5. The van der Waals surface area contributed by atoms with E-state index in [1.165, 1.54) is 17.8 Å². The molecule has 0 bridgehead atoms. The number of halogens is 1. The Hall–Kier alpha value is -2.09. The van der Waals surface area contributed by atoms with Crippen LogP contribution in [0.4, 0.5) is 10.2 Å². The van der Waals surface area contributed by atoms with Crippen LogP contribution in [0, 0.1) is 17.7 Å². The monoisotopic (exact) mass is 451 g/mol. The average Bonchev–Trinajstić information content (AvgIpc) is 3.20. The topological polar surface area (TPSA) is 75.3 Å². The van der Waals surface area contributed by atoms with Crippen molar-refractivity contribution in [2.75, 3.05) is 30.9 Å². The van der Waals surface area contributed by atoms with Crippen LogP contribution >= 0.6 is 0 Å². The lowest BCUT2D eigenvalue weighted by Crippen LogP contribution is -2.36. The first-order chi connectivity index (χ1) is 14.6. The van der Waals surface area contributed by atoms with E-state index in [2.05, 4.69) is 41.9 Å². The summed E-state index contributed by atoms with van der Waals surface area (Å²) >= 11 is 0. The number of piperidine rings is 1. The standard InChI is InChI=1S/C23H34FN3O3S/c1-16(2)22-14-23(26-25-22)27-10-7-18(8-11-27)17(3)9-12-30-20-6-5-19(21(24)13-20)15-31(4,28)29/h5-6,13-14,16-18H,7-12,15H2,1-4H3,(H,25,26)/t17-/m1/s1. The van der Waals surface area contributed by atoms with Crippen LogP contribution in [0.5, 0.6) is 5.75 Å². The van der Waals surface area contributed by atoms with Crippen LogP contribution < -0.4 is 9.64 Å². The minimum Gasteiger partial charge on any atom is -0.493 e. The number of nitrogens with zero attached hydrogens (tertiary/aromatic N) is 2. The molecule has 6 nitrogen and oxygen atoms in total. The Morgan fingerprint density at radius 1 is 1.23 bits per heavy atom. The molecule has 2 aromatic rings. The van der Waals surface area contributed by atoms with Crippen molar-refractivity contribution < 1.29 is 17.5 Å². The second-order valence-electron chi connectivity index (χ2n) is 9.10. The van der Waals surface area contributed by atoms with Crippen LogP contribution in [0.2, 0.25) is 0 Å². The quantitative estimate of drug-likeness (QED) is 0.606. The zero-order valence-electron chi connectivity index (χ0n) is 18.9. The number of rotatable bonds is 9. The highest BCUT2D eigenvalue weighted by Crippen LogP contribution is 2.30. The summed E-state index contributed by atoms with van der Waals surface area (Å²) in [6, 6.07) is 6.56. The van der Waals surface area contributed by atoms with Gasteiger partial charge in [0.1, 0.15) is 11.6 Å². The predicted octanol–water partition coefficient (Wildman–Crippen LogP) is 4.54. The van der Waals surface area contributed by atoms with E-state index in [1.807, 2.05) is 0 Å². The molecule has 0 radical (unpaired) electrons. The summed E-state index contributed by atoms with van der Waals surface area (Å²) in [5.74, 6) is 2.24. The lowest BCUT2D eigenvalue weighted by atomic mass is 9.84. The van der Waals surface area contributed by atoms with Crippen molar-refractivity contribution in [3.63, 3.8) is 0 Å². The number of aromatic amines is 1. The van der Waals surface area contributed by atoms with Crippen LogP contribution in [0.3, 0.4) is 0 Å². The van der Waals surface area contributed by atoms with Gasteiger partial charge in [0.05, 0.1) is 12.4 Å². The molecule has 172 valence electrons. The molecule has 0 amide bonds. The van der Waals surface area contributed by atoms with Gasteiger partial charge in [0.15, 0.2) is 15.7 Å². The first-order valence-electron chi connectivity index (χ1n) is 11.0. The third-order valence-electron chi connectivity index (χ3n) is 6.16. The predicted molar refractivity (Wildman–Crippen MR) is 122 cm³/mol. The lowest BCUT2D eigenvalue weighted by molar-refractivity contribution is 0.222. The first kappa shape index (κ1) is 23.6. The smallest absolute Gasteiger partial charge is 0.151 e. The second-order valence-corrected chi connectivity index (χ2v) is 11.2. The zero-order valence-corrected chi connectivity index (χ0v) is 19.7. The van der Waals surface area contributed by atoms with Crippen molar-refractivity contribution in [1.82, 2.24) is 10.2 Å². The maximum absolute atomic E-state index is 14.1. The van der Waals surface area contributed by atoms with E-state index in [0.29, 0.717) is 30.1 Å². The first-order valence-corrected chi connectivity index (χ1v) is 13.1. The number of anilines is 1. The van der Waals surface area contributed by atoms with Gasteiger partial charge < -0.3 is 9.64 Å². The third kappa shape index (κ3) is 6.69. The van der Waals surface area contributed by atoms with Gasteiger partial charge in [-0.15, -0.1) is 0 Å². The number of aromatic nitrogens is 2. The number of hydrogen-bond donors (Lipinski definition) is 1. The molecule has 3 rings (SSSR count). The van der Waals surface area contributed by atoms with Crippen molar-refractivity contribution in [3.8, 4) is 5.75 Å². The summed E-state index contributed by atoms with van der Waals surface area (Å²) in [7, 11) is -3.27. The molecule has 0 saturated carbocycles. The number of nitrogens with one attached hydrogen (secondary N) is 1. The Morgan fingerprint density at radius 2 is 1.94 bits per heavy atom. The molecule has 1 aromatic carbocycles. The van der Waals surface area contributed by atoms with Crippen LogP contribution in [0.1, 0.15) is 57.2 Å². The molecule has 1 saturated heterocycles. The van der Waals surface area contributed by atoms with Gasteiger partial charge in [-0.05, 0) is 43.1 Å². The molecule has 1 N–H and O–H groups in total.